The van der Waals surface area contributed by atoms with Gasteiger partial charge in [0.05, 0.1) is 10.6 Å². The van der Waals surface area contributed by atoms with E-state index in [1.165, 1.54) is 24.3 Å². The van der Waals surface area contributed by atoms with E-state index in [2.05, 4.69) is 21.2 Å². The molecule has 2 rings (SSSR count). The molecule has 2 aromatic rings. The Balaban J connectivity index is 2.14. The van der Waals surface area contributed by atoms with Crippen molar-refractivity contribution in [1.29, 1.82) is 0 Å². The third-order valence-corrected chi connectivity index (χ3v) is 3.54. The van der Waals surface area contributed by atoms with E-state index in [9.17, 15) is 18.9 Å². The van der Waals surface area contributed by atoms with Gasteiger partial charge in [0.15, 0.2) is 0 Å². The molecule has 110 valence electrons. The van der Waals surface area contributed by atoms with Gasteiger partial charge in [-0.3, -0.25) is 10.1 Å². The lowest BCUT2D eigenvalue weighted by atomic mass is 10.1. The zero-order valence-corrected chi connectivity index (χ0v) is 12.3. The second kappa shape index (κ2) is 6.62. The van der Waals surface area contributed by atoms with Crippen LogP contribution in [0.25, 0.3) is 0 Å². The first kappa shape index (κ1) is 15.4. The van der Waals surface area contributed by atoms with Gasteiger partial charge in [0.1, 0.15) is 0 Å². The molecule has 0 radical (unpaired) electrons. The number of anilines is 1. The Morgan fingerprint density at radius 3 is 2.67 bits per heavy atom. The molecular formula is C14H11BrF2N2O2. The van der Waals surface area contributed by atoms with Crippen molar-refractivity contribution in [2.45, 2.75) is 13.0 Å². The Bertz CT molecular complexity index is 665. The number of benzene rings is 2. The van der Waals surface area contributed by atoms with Crippen LogP contribution in [0.4, 0.5) is 20.2 Å². The molecule has 0 aliphatic rings. The maximum absolute atomic E-state index is 12.6. The Morgan fingerprint density at radius 1 is 1.24 bits per heavy atom. The molecule has 0 bridgehead atoms. The van der Waals surface area contributed by atoms with Gasteiger partial charge in [0, 0.05) is 28.7 Å². The zero-order chi connectivity index (χ0) is 15.4. The molecule has 4 nitrogen and oxygen atoms in total. The van der Waals surface area contributed by atoms with Crippen molar-refractivity contribution >= 4 is 27.3 Å². The highest BCUT2D eigenvalue weighted by Gasteiger charge is 2.10. The lowest BCUT2D eigenvalue weighted by Gasteiger charge is -2.09. The summed E-state index contributed by atoms with van der Waals surface area (Å²) in [6.07, 6.45) is -2.52. The average Bonchev–Trinajstić information content (AvgIpc) is 2.46. The van der Waals surface area contributed by atoms with Crippen LogP contribution in [0, 0.1) is 10.1 Å². The molecule has 0 aliphatic carbocycles. The smallest absolute Gasteiger partial charge is 0.271 e. The molecule has 0 aliphatic heterocycles. The van der Waals surface area contributed by atoms with Crippen LogP contribution in [0.1, 0.15) is 17.6 Å². The number of nitro benzene ring substituents is 1. The number of nitrogens with zero attached hydrogens (tertiary/aromatic N) is 1. The molecule has 0 heterocycles. The Hall–Kier alpha value is -2.02. The topological polar surface area (TPSA) is 55.2 Å². The fourth-order valence-electron chi connectivity index (χ4n) is 1.80. The number of nitro groups is 1. The molecular weight excluding hydrogens is 346 g/mol. The summed E-state index contributed by atoms with van der Waals surface area (Å²) in [5.41, 5.74) is 1.12. The van der Waals surface area contributed by atoms with Crippen molar-refractivity contribution in [3.63, 3.8) is 0 Å². The highest BCUT2D eigenvalue weighted by Crippen LogP contribution is 2.28. The number of halogens is 3. The summed E-state index contributed by atoms with van der Waals surface area (Å²) >= 11 is 3.29. The average molecular weight is 357 g/mol. The third-order valence-electron chi connectivity index (χ3n) is 2.85. The molecule has 21 heavy (non-hydrogen) atoms. The van der Waals surface area contributed by atoms with Crippen LogP contribution in [-0.2, 0) is 6.54 Å². The molecule has 2 aromatic carbocycles. The molecule has 0 aromatic heterocycles. The van der Waals surface area contributed by atoms with Crippen molar-refractivity contribution in [3.05, 3.63) is 68.2 Å². The standard InChI is InChI=1S/C14H11BrF2N2O2/c15-12-5-4-11(19(20)21)7-13(12)18-8-9-2-1-3-10(6-9)14(16)17/h1-7,14,18H,8H2. The third kappa shape index (κ3) is 3.98. The largest absolute Gasteiger partial charge is 0.380 e. The first-order valence-electron chi connectivity index (χ1n) is 6.02. The number of rotatable bonds is 5. The summed E-state index contributed by atoms with van der Waals surface area (Å²) in [7, 11) is 0. The molecule has 0 spiro atoms. The van der Waals surface area contributed by atoms with E-state index >= 15 is 0 Å². The number of non-ortho nitro benzene ring substituents is 1. The van der Waals surface area contributed by atoms with E-state index < -0.39 is 11.3 Å². The quantitative estimate of drug-likeness (QED) is 0.611. The SMILES string of the molecule is O=[N+]([O-])c1ccc(Br)c(NCc2cccc(C(F)F)c2)c1. The summed E-state index contributed by atoms with van der Waals surface area (Å²) in [6, 6.07) is 10.4. The highest BCUT2D eigenvalue weighted by atomic mass is 79.9. The minimum Gasteiger partial charge on any atom is -0.380 e. The monoisotopic (exact) mass is 356 g/mol. The molecule has 1 N–H and O–H groups in total. The van der Waals surface area contributed by atoms with Crippen LogP contribution in [-0.4, -0.2) is 4.92 Å². The maximum Gasteiger partial charge on any atom is 0.271 e. The predicted molar refractivity (Wildman–Crippen MR) is 79.5 cm³/mol. The van der Waals surface area contributed by atoms with Crippen molar-refractivity contribution in [3.8, 4) is 0 Å². The lowest BCUT2D eigenvalue weighted by Crippen LogP contribution is -2.01. The molecule has 0 saturated carbocycles. The van der Waals surface area contributed by atoms with Gasteiger partial charge in [0.2, 0.25) is 0 Å². The summed E-state index contributed by atoms with van der Waals surface area (Å²) in [5, 5.41) is 13.7. The van der Waals surface area contributed by atoms with E-state index in [0.29, 0.717) is 22.3 Å². The number of hydrogen-bond donors (Lipinski definition) is 1. The van der Waals surface area contributed by atoms with Gasteiger partial charge < -0.3 is 5.32 Å². The molecule has 0 fully saturated rings. The van der Waals surface area contributed by atoms with Gasteiger partial charge in [-0.05, 0) is 33.6 Å². The summed E-state index contributed by atoms with van der Waals surface area (Å²) in [6.45, 7) is 0.292. The summed E-state index contributed by atoms with van der Waals surface area (Å²) in [5.74, 6) is 0. The second-order valence-electron chi connectivity index (χ2n) is 4.32. The molecule has 7 heteroatoms. The van der Waals surface area contributed by atoms with Crippen molar-refractivity contribution in [2.24, 2.45) is 0 Å². The highest BCUT2D eigenvalue weighted by molar-refractivity contribution is 9.10. The predicted octanol–water partition coefficient (Wildman–Crippen LogP) is 4.91. The number of hydrogen-bond acceptors (Lipinski definition) is 3. The Morgan fingerprint density at radius 2 is 2.00 bits per heavy atom. The van der Waals surface area contributed by atoms with E-state index in [4.69, 9.17) is 0 Å². The van der Waals surface area contributed by atoms with Gasteiger partial charge in [-0.2, -0.15) is 0 Å². The van der Waals surface area contributed by atoms with Crippen molar-refractivity contribution < 1.29 is 13.7 Å². The minimum absolute atomic E-state index is 0.0398. The zero-order valence-electron chi connectivity index (χ0n) is 10.7. The van der Waals surface area contributed by atoms with Crippen LogP contribution in [0.2, 0.25) is 0 Å². The van der Waals surface area contributed by atoms with E-state index in [-0.39, 0.29) is 11.3 Å². The lowest BCUT2D eigenvalue weighted by molar-refractivity contribution is -0.384. The van der Waals surface area contributed by atoms with Crippen molar-refractivity contribution in [1.82, 2.24) is 0 Å². The van der Waals surface area contributed by atoms with Crippen LogP contribution < -0.4 is 5.32 Å². The maximum atomic E-state index is 12.6. The first-order valence-corrected chi connectivity index (χ1v) is 6.81. The van der Waals surface area contributed by atoms with Gasteiger partial charge in [0.25, 0.3) is 12.1 Å². The van der Waals surface area contributed by atoms with Gasteiger partial charge in [-0.15, -0.1) is 0 Å². The van der Waals surface area contributed by atoms with Crippen molar-refractivity contribution in [2.75, 3.05) is 5.32 Å². The number of alkyl halides is 2. The van der Waals surface area contributed by atoms with E-state index in [0.717, 1.165) is 0 Å². The van der Waals surface area contributed by atoms with Gasteiger partial charge >= 0.3 is 0 Å². The molecule has 0 atom stereocenters. The molecule has 0 saturated heterocycles. The van der Waals surface area contributed by atoms with Gasteiger partial charge in [-0.1, -0.05) is 18.2 Å². The second-order valence-corrected chi connectivity index (χ2v) is 5.17. The Labute approximate surface area is 128 Å². The van der Waals surface area contributed by atoms with E-state index in [1.807, 2.05) is 0 Å². The van der Waals surface area contributed by atoms with Crippen LogP contribution in [0.5, 0.6) is 0 Å². The normalized spacial score (nSPS) is 10.7. The molecule has 0 amide bonds. The molecule has 0 unspecified atom stereocenters. The van der Waals surface area contributed by atoms with E-state index in [1.54, 1.807) is 18.2 Å². The fraction of sp³-hybridized carbons (Fsp3) is 0.143. The van der Waals surface area contributed by atoms with Crippen LogP contribution >= 0.6 is 15.9 Å². The fourth-order valence-corrected chi connectivity index (χ4v) is 2.19. The minimum atomic E-state index is -2.52. The number of nitrogens with one attached hydrogen (secondary N) is 1. The van der Waals surface area contributed by atoms with Crippen LogP contribution in [0.15, 0.2) is 46.9 Å². The Kier molecular flexibility index (Phi) is 4.85. The first-order chi connectivity index (χ1) is 9.97. The summed E-state index contributed by atoms with van der Waals surface area (Å²) in [4.78, 5) is 10.2. The van der Waals surface area contributed by atoms with Gasteiger partial charge in [-0.25, -0.2) is 8.78 Å². The summed E-state index contributed by atoms with van der Waals surface area (Å²) < 4.78 is 25.9. The van der Waals surface area contributed by atoms with Crippen LogP contribution in [0.3, 0.4) is 0 Å².